The average Bonchev–Trinajstić information content (AvgIpc) is 2.90. The zero-order chi connectivity index (χ0) is 13.9. The molecule has 1 N–H and O–H groups in total. The number of rotatable bonds is 4. The molecule has 0 spiro atoms. The van der Waals surface area contributed by atoms with E-state index in [1.807, 2.05) is 29.9 Å². The molecule has 2 heterocycles. The highest BCUT2D eigenvalue weighted by atomic mass is 15.3. The molecule has 0 saturated carbocycles. The third kappa shape index (κ3) is 2.45. The van der Waals surface area contributed by atoms with Gasteiger partial charge in [0.05, 0.1) is 17.6 Å². The van der Waals surface area contributed by atoms with Gasteiger partial charge in [0, 0.05) is 11.6 Å². The number of fused-ring (bicyclic) bond motifs is 1. The highest BCUT2D eigenvalue weighted by Crippen LogP contribution is 2.30. The zero-order valence-corrected chi connectivity index (χ0v) is 12.1. The third-order valence-corrected chi connectivity index (χ3v) is 3.82. The summed E-state index contributed by atoms with van der Waals surface area (Å²) in [7, 11) is 0. The Morgan fingerprint density at radius 3 is 3.00 bits per heavy atom. The lowest BCUT2D eigenvalue weighted by atomic mass is 9.93. The molecule has 0 bridgehead atoms. The van der Waals surface area contributed by atoms with Gasteiger partial charge in [-0.1, -0.05) is 6.92 Å². The predicted molar refractivity (Wildman–Crippen MR) is 77.9 cm³/mol. The first kappa shape index (κ1) is 13.2. The number of hydrogen-bond acceptors (Lipinski definition) is 4. The summed E-state index contributed by atoms with van der Waals surface area (Å²) in [4.78, 5) is 0. The van der Waals surface area contributed by atoms with E-state index in [1.54, 1.807) is 0 Å². The fourth-order valence-corrected chi connectivity index (χ4v) is 2.79. The van der Waals surface area contributed by atoms with E-state index in [4.69, 9.17) is 0 Å². The Balaban J connectivity index is 1.91. The van der Waals surface area contributed by atoms with Crippen molar-refractivity contribution in [3.63, 3.8) is 0 Å². The van der Waals surface area contributed by atoms with E-state index in [9.17, 15) is 0 Å². The maximum absolute atomic E-state index is 4.53. The standard InChI is InChI=1S/C15H21N5/c1-3-9-16-13-5-4-6-14-12(13)10-17-20(14)15-8-7-11(2)18-19-15/h7-8,10,13,16H,3-6,9H2,1-2H3. The lowest BCUT2D eigenvalue weighted by molar-refractivity contribution is 0.455. The first-order chi connectivity index (χ1) is 9.79. The molecular weight excluding hydrogens is 250 g/mol. The van der Waals surface area contributed by atoms with Crippen LogP contribution in [0.2, 0.25) is 0 Å². The van der Waals surface area contributed by atoms with Crippen LogP contribution in [-0.2, 0) is 6.42 Å². The van der Waals surface area contributed by atoms with Crippen LogP contribution >= 0.6 is 0 Å². The molecule has 5 heteroatoms. The van der Waals surface area contributed by atoms with E-state index in [1.165, 1.54) is 24.1 Å². The summed E-state index contributed by atoms with van der Waals surface area (Å²) in [6.07, 6.45) is 6.60. The van der Waals surface area contributed by atoms with Gasteiger partial charge in [0.15, 0.2) is 5.82 Å². The summed E-state index contributed by atoms with van der Waals surface area (Å²) in [5.74, 6) is 0.813. The second-order valence-corrected chi connectivity index (χ2v) is 5.39. The van der Waals surface area contributed by atoms with Crippen LogP contribution < -0.4 is 5.32 Å². The maximum atomic E-state index is 4.53. The fraction of sp³-hybridized carbons (Fsp3) is 0.533. The molecule has 0 aliphatic heterocycles. The lowest BCUT2D eigenvalue weighted by Crippen LogP contribution is -2.26. The summed E-state index contributed by atoms with van der Waals surface area (Å²) < 4.78 is 1.95. The molecule has 1 aliphatic carbocycles. The molecule has 0 aromatic carbocycles. The Labute approximate surface area is 119 Å². The van der Waals surface area contributed by atoms with Gasteiger partial charge in [-0.15, -0.1) is 5.10 Å². The summed E-state index contributed by atoms with van der Waals surface area (Å²) in [5, 5.41) is 16.5. The quantitative estimate of drug-likeness (QED) is 0.927. The van der Waals surface area contributed by atoms with E-state index >= 15 is 0 Å². The van der Waals surface area contributed by atoms with Crippen molar-refractivity contribution < 1.29 is 0 Å². The van der Waals surface area contributed by atoms with Crippen molar-refractivity contribution in [1.29, 1.82) is 0 Å². The number of aryl methyl sites for hydroxylation is 1. The molecule has 106 valence electrons. The topological polar surface area (TPSA) is 55.6 Å². The van der Waals surface area contributed by atoms with Crippen molar-refractivity contribution >= 4 is 0 Å². The second kappa shape index (κ2) is 5.71. The summed E-state index contributed by atoms with van der Waals surface area (Å²) in [6.45, 7) is 5.20. The Morgan fingerprint density at radius 1 is 1.35 bits per heavy atom. The normalized spacial score (nSPS) is 18.0. The van der Waals surface area contributed by atoms with E-state index in [-0.39, 0.29) is 0 Å². The molecule has 3 rings (SSSR count). The van der Waals surface area contributed by atoms with Crippen LogP contribution in [0.25, 0.3) is 5.82 Å². The fourth-order valence-electron chi connectivity index (χ4n) is 2.79. The Morgan fingerprint density at radius 2 is 2.25 bits per heavy atom. The highest BCUT2D eigenvalue weighted by Gasteiger charge is 2.24. The summed E-state index contributed by atoms with van der Waals surface area (Å²) in [5.41, 5.74) is 3.53. The number of nitrogens with one attached hydrogen (secondary N) is 1. The minimum Gasteiger partial charge on any atom is -0.310 e. The molecule has 1 atom stereocenters. The molecule has 2 aromatic heterocycles. The molecule has 0 amide bonds. The number of aromatic nitrogens is 4. The van der Waals surface area contributed by atoms with Crippen molar-refractivity contribution in [3.05, 3.63) is 35.3 Å². The van der Waals surface area contributed by atoms with Gasteiger partial charge >= 0.3 is 0 Å². The molecule has 0 radical (unpaired) electrons. The minimum absolute atomic E-state index is 0.436. The van der Waals surface area contributed by atoms with Crippen LogP contribution in [-0.4, -0.2) is 26.5 Å². The average molecular weight is 271 g/mol. The van der Waals surface area contributed by atoms with Crippen LogP contribution in [0, 0.1) is 6.92 Å². The van der Waals surface area contributed by atoms with Gasteiger partial charge in [-0.25, -0.2) is 4.68 Å². The maximum Gasteiger partial charge on any atom is 0.175 e. The zero-order valence-electron chi connectivity index (χ0n) is 12.1. The third-order valence-electron chi connectivity index (χ3n) is 3.82. The van der Waals surface area contributed by atoms with Gasteiger partial charge in [-0.05, 0) is 51.3 Å². The van der Waals surface area contributed by atoms with E-state index < -0.39 is 0 Å². The smallest absolute Gasteiger partial charge is 0.175 e. The number of nitrogens with zero attached hydrogens (tertiary/aromatic N) is 4. The van der Waals surface area contributed by atoms with Gasteiger partial charge < -0.3 is 5.32 Å². The predicted octanol–water partition coefficient (Wildman–Crippen LogP) is 2.35. The number of hydrogen-bond donors (Lipinski definition) is 1. The van der Waals surface area contributed by atoms with Crippen LogP contribution in [0.4, 0.5) is 0 Å². The molecule has 1 aliphatic rings. The molecular formula is C15H21N5. The van der Waals surface area contributed by atoms with Crippen LogP contribution in [0.5, 0.6) is 0 Å². The van der Waals surface area contributed by atoms with Crippen LogP contribution in [0.1, 0.15) is 49.2 Å². The van der Waals surface area contributed by atoms with Crippen molar-refractivity contribution in [1.82, 2.24) is 25.3 Å². The van der Waals surface area contributed by atoms with Gasteiger partial charge in [0.1, 0.15) is 0 Å². The molecule has 20 heavy (non-hydrogen) atoms. The van der Waals surface area contributed by atoms with E-state index in [2.05, 4.69) is 27.5 Å². The first-order valence-corrected chi connectivity index (χ1v) is 7.40. The monoisotopic (exact) mass is 271 g/mol. The summed E-state index contributed by atoms with van der Waals surface area (Å²) in [6, 6.07) is 4.40. The van der Waals surface area contributed by atoms with Crippen molar-refractivity contribution in [2.24, 2.45) is 0 Å². The second-order valence-electron chi connectivity index (χ2n) is 5.39. The van der Waals surface area contributed by atoms with Crippen molar-refractivity contribution in [3.8, 4) is 5.82 Å². The molecule has 0 fully saturated rings. The van der Waals surface area contributed by atoms with Gasteiger partial charge in [0.25, 0.3) is 0 Å². The summed E-state index contributed by atoms with van der Waals surface area (Å²) >= 11 is 0. The SMILES string of the molecule is CCCNC1CCCc2c1cnn2-c1ccc(C)nn1. The molecule has 0 saturated heterocycles. The van der Waals surface area contributed by atoms with Crippen molar-refractivity contribution in [2.75, 3.05) is 6.54 Å². The van der Waals surface area contributed by atoms with Crippen LogP contribution in [0.15, 0.2) is 18.3 Å². The Hall–Kier alpha value is -1.75. The highest BCUT2D eigenvalue weighted by molar-refractivity contribution is 5.32. The molecule has 5 nitrogen and oxygen atoms in total. The van der Waals surface area contributed by atoms with Gasteiger partial charge in [0.2, 0.25) is 0 Å². The molecule has 1 unspecified atom stereocenters. The first-order valence-electron chi connectivity index (χ1n) is 7.40. The van der Waals surface area contributed by atoms with Gasteiger partial charge in [-0.3, -0.25) is 0 Å². The van der Waals surface area contributed by atoms with Gasteiger partial charge in [-0.2, -0.15) is 10.2 Å². The largest absolute Gasteiger partial charge is 0.310 e. The van der Waals surface area contributed by atoms with Crippen LogP contribution in [0.3, 0.4) is 0 Å². The minimum atomic E-state index is 0.436. The van der Waals surface area contributed by atoms with E-state index in [0.717, 1.165) is 30.9 Å². The Bertz CT molecular complexity index is 572. The Kier molecular flexibility index (Phi) is 3.78. The lowest BCUT2D eigenvalue weighted by Gasteiger charge is -2.23. The van der Waals surface area contributed by atoms with Crippen molar-refractivity contribution in [2.45, 2.75) is 45.6 Å². The van der Waals surface area contributed by atoms with E-state index in [0.29, 0.717) is 6.04 Å². The molecule has 2 aromatic rings.